The van der Waals surface area contributed by atoms with E-state index in [1.807, 2.05) is 0 Å². The van der Waals surface area contributed by atoms with E-state index in [4.69, 9.17) is 0 Å². The van der Waals surface area contributed by atoms with Crippen LogP contribution in [-0.2, 0) is 4.79 Å². The van der Waals surface area contributed by atoms with Crippen molar-refractivity contribution in [3.05, 3.63) is 0 Å². The normalized spacial score (nSPS) is 19.5. The molecular formula is C12H22BrNO. The molecule has 0 aromatic carbocycles. The van der Waals surface area contributed by atoms with Gasteiger partial charge in [-0.3, -0.25) is 4.79 Å². The fraction of sp³-hybridized carbons (Fsp3) is 0.917. The summed E-state index contributed by atoms with van der Waals surface area (Å²) in [6.45, 7) is 4.38. The molecule has 0 aliphatic heterocycles. The Morgan fingerprint density at radius 3 is 2.47 bits per heavy atom. The number of carbonyl (C=O) groups is 1. The second-order valence-corrected chi connectivity index (χ2v) is 5.62. The van der Waals surface area contributed by atoms with Crippen molar-refractivity contribution >= 4 is 21.8 Å². The van der Waals surface area contributed by atoms with E-state index in [9.17, 15) is 4.79 Å². The molecule has 1 rings (SSSR count). The Labute approximate surface area is 101 Å². The summed E-state index contributed by atoms with van der Waals surface area (Å²) in [6, 6.07) is 0.304. The summed E-state index contributed by atoms with van der Waals surface area (Å²) in [5, 5.41) is 4.02. The molecule has 1 amide bonds. The molecule has 1 saturated carbocycles. The standard InChI is InChI=1S/C12H22BrNO/c1-9(2)7-11(8-13)14-12(15)10-5-3-4-6-10/h9-11H,3-8H2,1-2H3,(H,14,15). The number of hydrogen-bond acceptors (Lipinski definition) is 1. The molecule has 1 N–H and O–H groups in total. The Hall–Kier alpha value is -0.0500. The smallest absolute Gasteiger partial charge is 0.223 e. The lowest BCUT2D eigenvalue weighted by atomic mass is 10.0. The Kier molecular flexibility index (Phi) is 5.65. The fourth-order valence-electron chi connectivity index (χ4n) is 2.24. The van der Waals surface area contributed by atoms with Crippen molar-refractivity contribution in [3.8, 4) is 0 Å². The zero-order valence-corrected chi connectivity index (χ0v) is 11.3. The molecule has 1 unspecified atom stereocenters. The number of alkyl halides is 1. The van der Waals surface area contributed by atoms with Crippen molar-refractivity contribution in [2.75, 3.05) is 5.33 Å². The first-order chi connectivity index (χ1) is 7.13. The van der Waals surface area contributed by atoms with Crippen LogP contribution in [0.4, 0.5) is 0 Å². The maximum atomic E-state index is 11.9. The average Bonchev–Trinajstić information content (AvgIpc) is 2.68. The van der Waals surface area contributed by atoms with Crippen LogP contribution in [0.5, 0.6) is 0 Å². The van der Waals surface area contributed by atoms with Gasteiger partial charge in [0, 0.05) is 17.3 Å². The number of nitrogens with one attached hydrogen (secondary N) is 1. The van der Waals surface area contributed by atoms with Gasteiger partial charge in [-0.2, -0.15) is 0 Å². The molecule has 2 nitrogen and oxygen atoms in total. The van der Waals surface area contributed by atoms with Gasteiger partial charge in [-0.25, -0.2) is 0 Å². The molecule has 0 aromatic heterocycles. The summed E-state index contributed by atoms with van der Waals surface area (Å²) in [5.74, 6) is 1.20. The minimum atomic E-state index is 0.276. The third-order valence-electron chi connectivity index (χ3n) is 3.01. The second-order valence-electron chi connectivity index (χ2n) is 4.97. The average molecular weight is 276 g/mol. The van der Waals surface area contributed by atoms with E-state index in [0.717, 1.165) is 24.6 Å². The van der Waals surface area contributed by atoms with Crippen LogP contribution < -0.4 is 5.32 Å². The lowest BCUT2D eigenvalue weighted by Gasteiger charge is -2.20. The highest BCUT2D eigenvalue weighted by Crippen LogP contribution is 2.25. The highest BCUT2D eigenvalue weighted by atomic mass is 79.9. The van der Waals surface area contributed by atoms with Gasteiger partial charge in [0.2, 0.25) is 5.91 Å². The Bertz CT molecular complexity index is 200. The minimum absolute atomic E-state index is 0.276. The number of halogens is 1. The van der Waals surface area contributed by atoms with Gasteiger partial charge in [0.15, 0.2) is 0 Å². The van der Waals surface area contributed by atoms with E-state index in [2.05, 4.69) is 35.1 Å². The molecular weight excluding hydrogens is 254 g/mol. The first-order valence-corrected chi connectivity index (χ1v) is 7.12. The summed E-state index contributed by atoms with van der Waals surface area (Å²) >= 11 is 3.47. The van der Waals surface area contributed by atoms with Gasteiger partial charge in [-0.05, 0) is 25.2 Å². The molecule has 0 spiro atoms. The van der Waals surface area contributed by atoms with Gasteiger partial charge < -0.3 is 5.32 Å². The SMILES string of the molecule is CC(C)CC(CBr)NC(=O)C1CCCC1. The maximum Gasteiger partial charge on any atom is 0.223 e. The van der Waals surface area contributed by atoms with Crippen LogP contribution in [-0.4, -0.2) is 17.3 Å². The van der Waals surface area contributed by atoms with Crippen molar-refractivity contribution in [1.29, 1.82) is 0 Å². The van der Waals surface area contributed by atoms with Gasteiger partial charge in [0.05, 0.1) is 0 Å². The number of carbonyl (C=O) groups excluding carboxylic acids is 1. The second kappa shape index (κ2) is 6.51. The molecule has 88 valence electrons. The summed E-state index contributed by atoms with van der Waals surface area (Å²) in [4.78, 5) is 11.9. The van der Waals surface area contributed by atoms with Crippen LogP contribution in [0.15, 0.2) is 0 Å². The number of hydrogen-bond donors (Lipinski definition) is 1. The monoisotopic (exact) mass is 275 g/mol. The van der Waals surface area contributed by atoms with Crippen molar-refractivity contribution in [3.63, 3.8) is 0 Å². The first kappa shape index (κ1) is 13.0. The van der Waals surface area contributed by atoms with E-state index in [-0.39, 0.29) is 5.91 Å². The molecule has 1 atom stereocenters. The van der Waals surface area contributed by atoms with Crippen LogP contribution in [0.25, 0.3) is 0 Å². The van der Waals surface area contributed by atoms with Crippen LogP contribution in [0.2, 0.25) is 0 Å². The van der Waals surface area contributed by atoms with E-state index in [1.54, 1.807) is 0 Å². The largest absolute Gasteiger partial charge is 0.352 e. The highest BCUT2D eigenvalue weighted by Gasteiger charge is 2.24. The predicted octanol–water partition coefficient (Wildman–Crippen LogP) is 3.10. The molecule has 1 aliphatic carbocycles. The van der Waals surface area contributed by atoms with Crippen LogP contribution >= 0.6 is 15.9 Å². The molecule has 0 aromatic rings. The zero-order valence-electron chi connectivity index (χ0n) is 9.76. The van der Waals surface area contributed by atoms with Crippen molar-refractivity contribution in [2.45, 2.75) is 52.0 Å². The van der Waals surface area contributed by atoms with Gasteiger partial charge in [-0.15, -0.1) is 0 Å². The van der Waals surface area contributed by atoms with E-state index in [1.165, 1.54) is 12.8 Å². The van der Waals surface area contributed by atoms with Gasteiger partial charge in [0.25, 0.3) is 0 Å². The van der Waals surface area contributed by atoms with Crippen LogP contribution in [0.3, 0.4) is 0 Å². The minimum Gasteiger partial charge on any atom is -0.352 e. The van der Waals surface area contributed by atoms with Gasteiger partial charge in [0.1, 0.15) is 0 Å². The summed E-state index contributed by atoms with van der Waals surface area (Å²) in [5.41, 5.74) is 0. The molecule has 3 heteroatoms. The van der Waals surface area contributed by atoms with Crippen molar-refractivity contribution in [1.82, 2.24) is 5.32 Å². The van der Waals surface area contributed by atoms with Gasteiger partial charge >= 0.3 is 0 Å². The Balaban J connectivity index is 2.33. The third kappa shape index (κ3) is 4.54. The molecule has 0 radical (unpaired) electrons. The third-order valence-corrected chi connectivity index (χ3v) is 3.80. The molecule has 0 saturated heterocycles. The summed E-state index contributed by atoms with van der Waals surface area (Å²) in [7, 11) is 0. The lowest BCUT2D eigenvalue weighted by molar-refractivity contribution is -0.125. The lowest BCUT2D eigenvalue weighted by Crippen LogP contribution is -2.40. The van der Waals surface area contributed by atoms with Crippen molar-refractivity contribution < 1.29 is 4.79 Å². The zero-order chi connectivity index (χ0) is 11.3. The van der Waals surface area contributed by atoms with E-state index < -0.39 is 0 Å². The quantitative estimate of drug-likeness (QED) is 0.768. The number of amides is 1. The van der Waals surface area contributed by atoms with Crippen LogP contribution in [0.1, 0.15) is 46.0 Å². The summed E-state index contributed by atoms with van der Waals surface area (Å²) < 4.78 is 0. The molecule has 0 bridgehead atoms. The van der Waals surface area contributed by atoms with Crippen molar-refractivity contribution in [2.24, 2.45) is 11.8 Å². The van der Waals surface area contributed by atoms with Gasteiger partial charge in [-0.1, -0.05) is 42.6 Å². The first-order valence-electron chi connectivity index (χ1n) is 5.99. The topological polar surface area (TPSA) is 29.1 Å². The molecule has 1 aliphatic rings. The fourth-order valence-corrected chi connectivity index (χ4v) is 2.66. The van der Waals surface area contributed by atoms with E-state index >= 15 is 0 Å². The molecule has 15 heavy (non-hydrogen) atoms. The van der Waals surface area contributed by atoms with E-state index in [0.29, 0.717) is 17.9 Å². The molecule has 1 fully saturated rings. The Morgan fingerprint density at radius 1 is 1.40 bits per heavy atom. The highest BCUT2D eigenvalue weighted by molar-refractivity contribution is 9.09. The Morgan fingerprint density at radius 2 is 2.00 bits per heavy atom. The maximum absolute atomic E-state index is 11.9. The number of rotatable bonds is 5. The predicted molar refractivity (Wildman–Crippen MR) is 67.1 cm³/mol. The van der Waals surface area contributed by atoms with Crippen LogP contribution in [0, 0.1) is 11.8 Å². The molecule has 0 heterocycles. The summed E-state index contributed by atoms with van der Waals surface area (Å²) in [6.07, 6.45) is 5.68.